The molecule has 10 heteroatoms. The summed E-state index contributed by atoms with van der Waals surface area (Å²) >= 11 is 0. The van der Waals surface area contributed by atoms with Gasteiger partial charge in [-0.3, -0.25) is 4.79 Å². The maximum Gasteiger partial charge on any atom is 0.260 e. The van der Waals surface area contributed by atoms with Crippen LogP contribution in [0, 0.1) is 11.7 Å². The number of halogens is 1. The second kappa shape index (κ2) is 12.8. The molecule has 1 saturated heterocycles. The van der Waals surface area contributed by atoms with Crippen LogP contribution in [0.15, 0.2) is 67.4 Å². The molecule has 2 heterocycles. The van der Waals surface area contributed by atoms with Crippen molar-refractivity contribution in [3.63, 3.8) is 0 Å². The molecule has 3 N–H and O–H groups in total. The van der Waals surface area contributed by atoms with Crippen LogP contribution in [-0.2, 0) is 4.79 Å². The third kappa shape index (κ3) is 7.73. The number of likely N-dealkylation sites (tertiary alicyclic amines) is 1. The molecule has 0 aliphatic carbocycles. The van der Waals surface area contributed by atoms with Crippen LogP contribution in [0.4, 0.5) is 21.7 Å². The smallest absolute Gasteiger partial charge is 0.260 e. The van der Waals surface area contributed by atoms with E-state index in [-0.39, 0.29) is 24.3 Å². The lowest BCUT2D eigenvalue weighted by Crippen LogP contribution is -2.37. The number of amides is 1. The van der Waals surface area contributed by atoms with Crippen molar-refractivity contribution < 1.29 is 23.8 Å². The minimum Gasteiger partial charge on any atom is -0.493 e. The van der Waals surface area contributed by atoms with Gasteiger partial charge in [0, 0.05) is 30.1 Å². The van der Waals surface area contributed by atoms with E-state index >= 15 is 0 Å². The average Bonchev–Trinajstić information content (AvgIpc) is 2.91. The maximum atomic E-state index is 14.4. The molecule has 0 bridgehead atoms. The Labute approximate surface area is 215 Å². The molecular weight excluding hydrogens is 477 g/mol. The van der Waals surface area contributed by atoms with Gasteiger partial charge in [0.25, 0.3) is 5.88 Å². The number of piperidine rings is 1. The van der Waals surface area contributed by atoms with Crippen LogP contribution < -0.4 is 20.1 Å². The number of hydrogen-bond acceptors (Lipinski definition) is 8. The fourth-order valence-corrected chi connectivity index (χ4v) is 3.95. The van der Waals surface area contributed by atoms with E-state index in [9.17, 15) is 9.18 Å². The van der Waals surface area contributed by atoms with Gasteiger partial charge < -0.3 is 30.1 Å². The quantitative estimate of drug-likeness (QED) is 0.329. The number of nitrogens with zero attached hydrogens (tertiary/aromatic N) is 3. The molecule has 0 radical (unpaired) electrons. The molecule has 0 atom stereocenters. The van der Waals surface area contributed by atoms with Gasteiger partial charge in [-0.2, -0.15) is 9.37 Å². The molecule has 1 aromatic heterocycles. The zero-order chi connectivity index (χ0) is 26.0. The summed E-state index contributed by atoms with van der Waals surface area (Å²) in [5.41, 5.74) is 1.16. The first-order valence-corrected chi connectivity index (χ1v) is 12.1. The molecule has 1 aliphatic heterocycles. The Hall–Kier alpha value is -4.02. The van der Waals surface area contributed by atoms with Crippen molar-refractivity contribution in [1.82, 2.24) is 14.9 Å². The van der Waals surface area contributed by atoms with Crippen molar-refractivity contribution in [3.05, 3.63) is 73.2 Å². The molecule has 194 valence electrons. The Morgan fingerprint density at radius 3 is 2.65 bits per heavy atom. The van der Waals surface area contributed by atoms with Crippen molar-refractivity contribution in [3.8, 4) is 17.4 Å². The zero-order valence-corrected chi connectivity index (χ0v) is 20.4. The number of carbonyl (C=O) groups is 1. The van der Waals surface area contributed by atoms with Crippen LogP contribution >= 0.6 is 0 Å². The fourth-order valence-electron chi connectivity index (χ4n) is 3.95. The Bertz CT molecular complexity index is 1220. The third-order valence-electron chi connectivity index (χ3n) is 5.91. The number of aliphatic hydroxyl groups is 1. The number of β-amino-alcohol motifs (C(OH)–C–C–N with tert-alkyl or cyclic N) is 1. The Morgan fingerprint density at radius 2 is 1.89 bits per heavy atom. The number of hydrogen-bond donors (Lipinski definition) is 3. The lowest BCUT2D eigenvalue weighted by Gasteiger charge is -2.31. The van der Waals surface area contributed by atoms with Gasteiger partial charge in [0.2, 0.25) is 17.7 Å². The van der Waals surface area contributed by atoms with Crippen LogP contribution in [0.1, 0.15) is 12.8 Å². The van der Waals surface area contributed by atoms with E-state index < -0.39 is 5.82 Å². The summed E-state index contributed by atoms with van der Waals surface area (Å²) in [6.45, 7) is 6.88. The number of benzene rings is 2. The standard InChI is InChI=1S/C27H30FN5O4/c1-2-25(35)30-20-5-4-8-23(16-20)37-26-24(28)17-29-27(32-26)31-21-6-3-7-22(15-21)36-18-19-9-11-33(12-10-19)13-14-34/h2-8,15-17,19,34H,1,9-14,18H2,(H,30,35)(H,29,31,32). The van der Waals surface area contributed by atoms with Crippen LogP contribution in [0.5, 0.6) is 17.4 Å². The second-order valence-corrected chi connectivity index (χ2v) is 8.64. The molecular formula is C27H30FN5O4. The van der Waals surface area contributed by atoms with E-state index in [1.165, 1.54) is 0 Å². The predicted octanol–water partition coefficient (Wildman–Crippen LogP) is 4.36. The van der Waals surface area contributed by atoms with E-state index in [0.29, 0.717) is 35.4 Å². The first-order valence-electron chi connectivity index (χ1n) is 12.1. The number of aromatic nitrogens is 2. The first kappa shape index (κ1) is 26.1. The number of rotatable bonds is 11. The summed E-state index contributed by atoms with van der Waals surface area (Å²) in [6, 6.07) is 13.9. The molecule has 37 heavy (non-hydrogen) atoms. The highest BCUT2D eigenvalue weighted by molar-refractivity contribution is 5.98. The lowest BCUT2D eigenvalue weighted by atomic mass is 9.98. The fraction of sp³-hybridized carbons (Fsp3) is 0.296. The van der Waals surface area contributed by atoms with Gasteiger partial charge in [-0.1, -0.05) is 18.7 Å². The number of carbonyl (C=O) groups excluding carboxylic acids is 1. The average molecular weight is 508 g/mol. The molecule has 4 rings (SSSR count). The highest BCUT2D eigenvalue weighted by Gasteiger charge is 2.19. The Kier molecular flexibility index (Phi) is 9.01. The van der Waals surface area contributed by atoms with Crippen LogP contribution in [0.2, 0.25) is 0 Å². The zero-order valence-electron chi connectivity index (χ0n) is 20.4. The van der Waals surface area contributed by atoms with Gasteiger partial charge in [0.05, 0.1) is 19.4 Å². The first-order chi connectivity index (χ1) is 18.0. The topological polar surface area (TPSA) is 109 Å². The van der Waals surface area contributed by atoms with E-state index in [4.69, 9.17) is 14.6 Å². The molecule has 1 aliphatic rings. The van der Waals surface area contributed by atoms with Crippen molar-refractivity contribution >= 4 is 23.2 Å². The molecule has 0 spiro atoms. The predicted molar refractivity (Wildman–Crippen MR) is 139 cm³/mol. The molecule has 0 saturated carbocycles. The SMILES string of the molecule is C=CC(=O)Nc1cccc(Oc2nc(Nc3cccc(OCC4CCN(CCO)CC4)c3)ncc2F)c1. The number of ether oxygens (including phenoxy) is 2. The molecule has 9 nitrogen and oxygen atoms in total. The van der Waals surface area contributed by atoms with Crippen LogP contribution in [0.25, 0.3) is 0 Å². The van der Waals surface area contributed by atoms with Gasteiger partial charge in [0.1, 0.15) is 11.5 Å². The molecule has 1 amide bonds. The minimum absolute atomic E-state index is 0.154. The van der Waals surface area contributed by atoms with Crippen molar-refractivity contribution in [2.75, 3.05) is 43.5 Å². The lowest BCUT2D eigenvalue weighted by molar-refractivity contribution is -0.111. The summed E-state index contributed by atoms with van der Waals surface area (Å²) in [4.78, 5) is 21.9. The highest BCUT2D eigenvalue weighted by atomic mass is 19.1. The largest absolute Gasteiger partial charge is 0.493 e. The number of aliphatic hydroxyl groups excluding tert-OH is 1. The second-order valence-electron chi connectivity index (χ2n) is 8.64. The van der Waals surface area contributed by atoms with E-state index in [1.807, 2.05) is 24.3 Å². The highest BCUT2D eigenvalue weighted by Crippen LogP contribution is 2.27. The summed E-state index contributed by atoms with van der Waals surface area (Å²) in [7, 11) is 0. The summed E-state index contributed by atoms with van der Waals surface area (Å²) in [6.07, 6.45) is 4.25. The van der Waals surface area contributed by atoms with Crippen molar-refractivity contribution in [1.29, 1.82) is 0 Å². The van der Waals surface area contributed by atoms with E-state index in [1.54, 1.807) is 24.3 Å². The van der Waals surface area contributed by atoms with Crippen molar-refractivity contribution in [2.24, 2.45) is 5.92 Å². The molecule has 3 aromatic rings. The summed E-state index contributed by atoms with van der Waals surface area (Å²) in [5, 5.41) is 14.8. The maximum absolute atomic E-state index is 14.4. The number of anilines is 3. The van der Waals surface area contributed by atoms with Gasteiger partial charge >= 0.3 is 0 Å². The summed E-state index contributed by atoms with van der Waals surface area (Å²) in [5.74, 6) is 0.267. The Morgan fingerprint density at radius 1 is 1.16 bits per heavy atom. The van der Waals surface area contributed by atoms with Gasteiger partial charge in [-0.15, -0.1) is 0 Å². The van der Waals surface area contributed by atoms with E-state index in [0.717, 1.165) is 44.7 Å². The third-order valence-corrected chi connectivity index (χ3v) is 5.91. The monoisotopic (exact) mass is 507 g/mol. The summed E-state index contributed by atoms with van der Waals surface area (Å²) < 4.78 is 26.0. The minimum atomic E-state index is -0.729. The number of nitrogens with one attached hydrogen (secondary N) is 2. The van der Waals surface area contributed by atoms with Crippen LogP contribution in [0.3, 0.4) is 0 Å². The van der Waals surface area contributed by atoms with Crippen LogP contribution in [-0.4, -0.2) is 58.7 Å². The van der Waals surface area contributed by atoms with E-state index in [2.05, 4.69) is 32.1 Å². The van der Waals surface area contributed by atoms with Gasteiger partial charge in [-0.05, 0) is 62.2 Å². The van der Waals surface area contributed by atoms with Gasteiger partial charge in [-0.25, -0.2) is 4.98 Å². The molecule has 1 fully saturated rings. The van der Waals surface area contributed by atoms with Gasteiger partial charge in [0.15, 0.2) is 0 Å². The Balaban J connectivity index is 1.36. The normalized spacial score (nSPS) is 14.1. The van der Waals surface area contributed by atoms with Crippen molar-refractivity contribution in [2.45, 2.75) is 12.8 Å². The molecule has 2 aromatic carbocycles. The molecule has 0 unspecified atom stereocenters.